The zero-order valence-corrected chi connectivity index (χ0v) is 21.4. The zero-order valence-electron chi connectivity index (χ0n) is 21.4. The number of alkyl halides is 6. The van der Waals surface area contributed by atoms with Crippen LogP contribution in [0.3, 0.4) is 0 Å². The van der Waals surface area contributed by atoms with Crippen molar-refractivity contribution in [2.45, 2.75) is 115 Å². The molecule has 0 bridgehead atoms. The first-order valence-electron chi connectivity index (χ1n) is 13.8. The van der Waals surface area contributed by atoms with Crippen molar-refractivity contribution in [1.29, 1.82) is 0 Å². The molecule has 0 aliphatic heterocycles. The quantitative estimate of drug-likeness (QED) is 0.273. The Labute approximate surface area is 215 Å². The smallest absolute Gasteiger partial charge is 0.447 e. The van der Waals surface area contributed by atoms with Gasteiger partial charge < -0.3 is 14.8 Å². The Hall–Kier alpha value is -1.23. The van der Waals surface area contributed by atoms with E-state index in [0.717, 1.165) is 38.5 Å². The zero-order chi connectivity index (χ0) is 26.9. The number of halogens is 6. The summed E-state index contributed by atoms with van der Waals surface area (Å²) in [6.45, 7) is -3.97. The van der Waals surface area contributed by atoms with Gasteiger partial charge in [0.25, 0.3) is 0 Å². The standard InChI is InChI=1S/C26H41F6NO4/c27-12-13-35-24(34)33-17-25(16-18-6-2-1-3-7-18,19-8-4-10-21(14-19)36-23(28)29)20-9-5-11-22(15-20)37-26(30,31)32/h18-23H,1-17H2,(H,33,34). The fourth-order valence-corrected chi connectivity index (χ4v) is 7.27. The fourth-order valence-electron chi connectivity index (χ4n) is 7.27. The lowest BCUT2D eigenvalue weighted by Gasteiger charge is -2.53. The summed E-state index contributed by atoms with van der Waals surface area (Å²) < 4.78 is 92.4. The third kappa shape index (κ3) is 9.48. The SMILES string of the molecule is O=C(NCC(CC1CCCCC1)(C1CCCC(OC(F)F)C1)C1CCCC(OC(F)(F)F)C1)OCCF. The van der Waals surface area contributed by atoms with E-state index in [9.17, 15) is 31.1 Å². The lowest BCUT2D eigenvalue weighted by Crippen LogP contribution is -2.52. The van der Waals surface area contributed by atoms with Gasteiger partial charge >= 0.3 is 19.1 Å². The van der Waals surface area contributed by atoms with Gasteiger partial charge in [-0.1, -0.05) is 44.9 Å². The van der Waals surface area contributed by atoms with Crippen LogP contribution in [0.25, 0.3) is 0 Å². The monoisotopic (exact) mass is 545 g/mol. The van der Waals surface area contributed by atoms with Crippen LogP contribution >= 0.6 is 0 Å². The molecule has 0 radical (unpaired) electrons. The number of nitrogens with one attached hydrogen (secondary N) is 1. The molecule has 3 fully saturated rings. The minimum atomic E-state index is -4.74. The van der Waals surface area contributed by atoms with Crippen LogP contribution in [0.1, 0.15) is 89.9 Å². The summed E-state index contributed by atoms with van der Waals surface area (Å²) in [4.78, 5) is 12.4. The Balaban J connectivity index is 1.91. The molecular formula is C26H41F6NO4. The molecule has 5 atom stereocenters. The second kappa shape index (κ2) is 14.2. The molecule has 3 saturated carbocycles. The van der Waals surface area contributed by atoms with Crippen molar-refractivity contribution in [2.24, 2.45) is 23.2 Å². The molecule has 0 spiro atoms. The fraction of sp³-hybridized carbons (Fsp3) is 0.962. The number of alkyl carbamates (subject to hydrolysis) is 1. The number of carbonyl (C=O) groups is 1. The van der Waals surface area contributed by atoms with Crippen molar-refractivity contribution in [3.8, 4) is 0 Å². The molecule has 0 aromatic carbocycles. The van der Waals surface area contributed by atoms with E-state index < -0.39 is 43.4 Å². The first-order valence-corrected chi connectivity index (χ1v) is 13.8. The van der Waals surface area contributed by atoms with Gasteiger partial charge in [-0.15, -0.1) is 13.2 Å². The second-order valence-corrected chi connectivity index (χ2v) is 11.1. The highest BCUT2D eigenvalue weighted by Crippen LogP contribution is 2.54. The van der Waals surface area contributed by atoms with E-state index >= 15 is 0 Å². The molecule has 0 saturated heterocycles. The van der Waals surface area contributed by atoms with Gasteiger partial charge in [0.2, 0.25) is 0 Å². The van der Waals surface area contributed by atoms with Crippen LogP contribution in [-0.2, 0) is 14.2 Å². The van der Waals surface area contributed by atoms with Gasteiger partial charge in [0.05, 0.1) is 12.2 Å². The maximum absolute atomic E-state index is 13.1. The molecule has 0 aromatic rings. The molecule has 1 N–H and O–H groups in total. The van der Waals surface area contributed by atoms with Gasteiger partial charge in [0.15, 0.2) is 0 Å². The van der Waals surface area contributed by atoms with E-state index in [2.05, 4.69) is 10.1 Å². The number of carbonyl (C=O) groups excluding carboxylic acids is 1. The molecular weight excluding hydrogens is 504 g/mol. The average Bonchev–Trinajstić information content (AvgIpc) is 2.85. The molecule has 37 heavy (non-hydrogen) atoms. The lowest BCUT2D eigenvalue weighted by molar-refractivity contribution is -0.347. The van der Waals surface area contributed by atoms with Crippen LogP contribution in [0, 0.1) is 23.2 Å². The molecule has 216 valence electrons. The maximum Gasteiger partial charge on any atom is 0.522 e. The second-order valence-electron chi connectivity index (χ2n) is 11.1. The third-order valence-electron chi connectivity index (χ3n) is 8.74. The Morgan fingerprint density at radius 1 is 0.865 bits per heavy atom. The Kier molecular flexibility index (Phi) is 11.7. The van der Waals surface area contributed by atoms with E-state index in [1.165, 1.54) is 0 Å². The van der Waals surface area contributed by atoms with Crippen LogP contribution in [0.2, 0.25) is 0 Å². The van der Waals surface area contributed by atoms with Crippen molar-refractivity contribution in [1.82, 2.24) is 5.32 Å². The third-order valence-corrected chi connectivity index (χ3v) is 8.74. The topological polar surface area (TPSA) is 56.8 Å². The number of amides is 1. The molecule has 3 aliphatic carbocycles. The molecule has 3 rings (SSSR count). The van der Waals surface area contributed by atoms with Crippen LogP contribution in [-0.4, -0.2) is 51.1 Å². The van der Waals surface area contributed by atoms with E-state index in [0.29, 0.717) is 50.9 Å². The highest BCUT2D eigenvalue weighted by atomic mass is 19.4. The molecule has 5 nitrogen and oxygen atoms in total. The average molecular weight is 546 g/mol. The summed E-state index contributed by atoms with van der Waals surface area (Å²) in [6, 6.07) is 0. The van der Waals surface area contributed by atoms with Crippen molar-refractivity contribution in [3.63, 3.8) is 0 Å². The van der Waals surface area contributed by atoms with Crippen molar-refractivity contribution in [2.75, 3.05) is 19.8 Å². The van der Waals surface area contributed by atoms with E-state index in [-0.39, 0.29) is 31.4 Å². The predicted molar refractivity (Wildman–Crippen MR) is 125 cm³/mol. The van der Waals surface area contributed by atoms with Crippen molar-refractivity contribution >= 4 is 6.09 Å². The number of rotatable bonds is 11. The molecule has 0 heterocycles. The minimum absolute atomic E-state index is 0.122. The normalized spacial score (nSPS) is 29.6. The van der Waals surface area contributed by atoms with E-state index in [1.54, 1.807) is 0 Å². The van der Waals surface area contributed by atoms with Crippen molar-refractivity contribution < 1.29 is 45.3 Å². The minimum Gasteiger partial charge on any atom is -0.447 e. The number of hydrogen-bond donors (Lipinski definition) is 1. The van der Waals surface area contributed by atoms with Gasteiger partial charge in [0.1, 0.15) is 13.3 Å². The van der Waals surface area contributed by atoms with E-state index in [4.69, 9.17) is 9.47 Å². The molecule has 3 aliphatic rings. The summed E-state index contributed by atoms with van der Waals surface area (Å²) in [5, 5.41) is 2.78. The highest BCUT2D eigenvalue weighted by Gasteiger charge is 2.50. The lowest BCUT2D eigenvalue weighted by atomic mass is 9.54. The maximum atomic E-state index is 13.1. The predicted octanol–water partition coefficient (Wildman–Crippen LogP) is 7.53. The van der Waals surface area contributed by atoms with Gasteiger partial charge in [-0.3, -0.25) is 4.74 Å². The Morgan fingerprint density at radius 3 is 2.08 bits per heavy atom. The van der Waals surface area contributed by atoms with Gasteiger partial charge in [-0.05, 0) is 68.1 Å². The Bertz CT molecular complexity index is 690. The first-order chi connectivity index (χ1) is 17.6. The van der Waals surface area contributed by atoms with Crippen LogP contribution in [0.5, 0.6) is 0 Å². The van der Waals surface area contributed by atoms with Gasteiger partial charge in [-0.2, -0.15) is 8.78 Å². The van der Waals surface area contributed by atoms with E-state index in [1.807, 2.05) is 0 Å². The summed E-state index contributed by atoms with van der Waals surface area (Å²) in [7, 11) is 0. The molecule has 5 unspecified atom stereocenters. The van der Waals surface area contributed by atoms with Crippen molar-refractivity contribution in [3.05, 3.63) is 0 Å². The largest absolute Gasteiger partial charge is 0.522 e. The summed E-state index contributed by atoms with van der Waals surface area (Å²) in [5.74, 6) is 0.00746. The summed E-state index contributed by atoms with van der Waals surface area (Å²) >= 11 is 0. The number of hydrogen-bond acceptors (Lipinski definition) is 4. The number of ether oxygens (including phenoxy) is 3. The summed E-state index contributed by atoms with van der Waals surface area (Å²) in [5.41, 5.74) is -0.630. The summed E-state index contributed by atoms with van der Waals surface area (Å²) in [6.07, 6.45) is 2.73. The van der Waals surface area contributed by atoms with Crippen LogP contribution in [0.4, 0.5) is 31.1 Å². The van der Waals surface area contributed by atoms with Crippen LogP contribution in [0.15, 0.2) is 0 Å². The van der Waals surface area contributed by atoms with Gasteiger partial charge in [0, 0.05) is 6.54 Å². The highest BCUT2D eigenvalue weighted by molar-refractivity contribution is 5.67. The van der Waals surface area contributed by atoms with Crippen LogP contribution < -0.4 is 5.32 Å². The first kappa shape index (κ1) is 30.3. The Morgan fingerprint density at radius 2 is 1.49 bits per heavy atom. The van der Waals surface area contributed by atoms with Gasteiger partial charge in [-0.25, -0.2) is 9.18 Å². The molecule has 1 amide bonds. The molecule has 11 heteroatoms. The molecule has 0 aromatic heterocycles.